The van der Waals surface area contributed by atoms with E-state index in [0.29, 0.717) is 6.61 Å². The zero-order valence-electron chi connectivity index (χ0n) is 17.1. The summed E-state index contributed by atoms with van der Waals surface area (Å²) in [5, 5.41) is 1.12. The molecule has 0 radical (unpaired) electrons. The van der Waals surface area contributed by atoms with Crippen LogP contribution in [0.15, 0.2) is 81.7 Å². The third-order valence-corrected chi connectivity index (χ3v) is 6.36. The number of benzene rings is 3. The van der Waals surface area contributed by atoms with Gasteiger partial charge in [0.15, 0.2) is 5.75 Å². The van der Waals surface area contributed by atoms with Gasteiger partial charge in [-0.05, 0) is 43.9 Å². The van der Waals surface area contributed by atoms with Gasteiger partial charge in [-0.2, -0.15) is 0 Å². The Labute approximate surface area is 194 Å². The lowest BCUT2D eigenvalue weighted by Gasteiger charge is -2.15. The average molecular weight is 528 g/mol. The maximum atomic E-state index is 6.42. The van der Waals surface area contributed by atoms with Crippen molar-refractivity contribution in [2.24, 2.45) is 0 Å². The zero-order chi connectivity index (χ0) is 21.1. The molecule has 0 aliphatic carbocycles. The normalized spacial score (nSPS) is 11.4. The molecule has 1 heterocycles. The second-order valence-corrected chi connectivity index (χ2v) is 9.30. The van der Waals surface area contributed by atoms with E-state index in [2.05, 4.69) is 116 Å². The number of fused-ring (bicyclic) bond motifs is 1. The molecule has 0 fully saturated rings. The van der Waals surface area contributed by atoms with Gasteiger partial charge >= 0.3 is 0 Å². The minimum absolute atomic E-state index is 0.632. The maximum absolute atomic E-state index is 6.42. The number of nitrogens with zero attached hydrogens (tertiary/aromatic N) is 2. The van der Waals surface area contributed by atoms with E-state index in [1.807, 2.05) is 12.1 Å². The summed E-state index contributed by atoms with van der Waals surface area (Å²) in [4.78, 5) is 2.14. The highest BCUT2D eigenvalue weighted by Crippen LogP contribution is 2.42. The summed E-state index contributed by atoms with van der Waals surface area (Å²) in [7, 11) is 4.13. The van der Waals surface area contributed by atoms with E-state index in [4.69, 9.17) is 4.74 Å². The Bertz CT molecular complexity index is 1150. The van der Waals surface area contributed by atoms with Crippen molar-refractivity contribution in [2.75, 3.05) is 27.2 Å². The third kappa shape index (κ3) is 4.48. The van der Waals surface area contributed by atoms with E-state index < -0.39 is 0 Å². The van der Waals surface area contributed by atoms with Crippen LogP contribution < -0.4 is 4.74 Å². The second-order valence-electron chi connectivity index (χ2n) is 7.53. The highest BCUT2D eigenvalue weighted by Gasteiger charge is 2.21. The molecule has 0 saturated heterocycles. The molecule has 4 aromatic rings. The smallest absolute Gasteiger partial charge is 0.152 e. The van der Waals surface area contributed by atoms with Gasteiger partial charge in [-0.15, -0.1) is 0 Å². The minimum Gasteiger partial charge on any atom is -0.489 e. The molecule has 0 bridgehead atoms. The molecule has 0 N–H and O–H groups in total. The zero-order valence-corrected chi connectivity index (χ0v) is 20.3. The van der Waals surface area contributed by atoms with Crippen LogP contribution in [0.1, 0.15) is 5.56 Å². The van der Waals surface area contributed by atoms with Crippen LogP contribution in [0.5, 0.6) is 5.75 Å². The molecular weight excluding hydrogens is 504 g/mol. The second kappa shape index (κ2) is 9.38. The quantitative estimate of drug-likeness (QED) is 0.262. The van der Waals surface area contributed by atoms with E-state index in [1.54, 1.807) is 0 Å². The fourth-order valence-electron chi connectivity index (χ4n) is 3.62. The van der Waals surface area contributed by atoms with Crippen LogP contribution in [0.4, 0.5) is 0 Å². The topological polar surface area (TPSA) is 17.4 Å². The van der Waals surface area contributed by atoms with Gasteiger partial charge in [0.1, 0.15) is 6.61 Å². The van der Waals surface area contributed by atoms with Crippen LogP contribution in [0.2, 0.25) is 0 Å². The third-order valence-electron chi connectivity index (χ3n) is 5.10. The predicted molar refractivity (Wildman–Crippen MR) is 132 cm³/mol. The Balaban J connectivity index is 1.93. The number of halogens is 2. The van der Waals surface area contributed by atoms with Crippen molar-refractivity contribution >= 4 is 42.8 Å². The van der Waals surface area contributed by atoms with Crippen molar-refractivity contribution in [1.29, 1.82) is 0 Å². The SMILES string of the molecule is CN(C)CCOc1c(-c2ccccc2)n(Cc2ccccc2Br)c2ccc(Br)cc12. The van der Waals surface area contributed by atoms with Gasteiger partial charge in [0.2, 0.25) is 0 Å². The highest BCUT2D eigenvalue weighted by atomic mass is 79.9. The van der Waals surface area contributed by atoms with Gasteiger partial charge in [-0.1, -0.05) is 80.4 Å². The molecule has 0 spiro atoms. The number of aromatic nitrogens is 1. The van der Waals surface area contributed by atoms with Crippen LogP contribution in [0.3, 0.4) is 0 Å². The summed E-state index contributed by atoms with van der Waals surface area (Å²) in [5.74, 6) is 0.936. The van der Waals surface area contributed by atoms with Crippen molar-refractivity contribution in [3.8, 4) is 17.0 Å². The molecule has 4 rings (SSSR count). The fraction of sp³-hybridized carbons (Fsp3) is 0.200. The van der Waals surface area contributed by atoms with E-state index in [1.165, 1.54) is 5.56 Å². The largest absolute Gasteiger partial charge is 0.489 e. The number of hydrogen-bond donors (Lipinski definition) is 0. The van der Waals surface area contributed by atoms with Crippen molar-refractivity contribution in [3.63, 3.8) is 0 Å². The van der Waals surface area contributed by atoms with Crippen molar-refractivity contribution < 1.29 is 4.74 Å². The van der Waals surface area contributed by atoms with E-state index in [9.17, 15) is 0 Å². The van der Waals surface area contributed by atoms with Crippen LogP contribution >= 0.6 is 31.9 Å². The number of ether oxygens (including phenoxy) is 1. The molecule has 5 heteroatoms. The summed E-state index contributed by atoms with van der Waals surface area (Å²) in [5.41, 5.74) is 4.65. The molecule has 0 unspecified atom stereocenters. The molecule has 154 valence electrons. The molecule has 0 atom stereocenters. The summed E-state index contributed by atoms with van der Waals surface area (Å²) in [6.07, 6.45) is 0. The fourth-order valence-corrected chi connectivity index (χ4v) is 4.39. The Morgan fingerprint density at radius 1 is 0.900 bits per heavy atom. The molecule has 0 amide bonds. The van der Waals surface area contributed by atoms with Crippen molar-refractivity contribution in [1.82, 2.24) is 9.47 Å². The summed E-state index contributed by atoms with van der Waals surface area (Å²) < 4.78 is 10.9. The van der Waals surface area contributed by atoms with Crippen LogP contribution in [0.25, 0.3) is 22.2 Å². The summed E-state index contributed by atoms with van der Waals surface area (Å²) in [6, 6.07) is 25.3. The standard InChI is InChI=1S/C25H24Br2N2O/c1-28(2)14-15-30-25-21-16-20(26)12-13-23(21)29(17-19-10-6-7-11-22(19)27)24(25)18-8-4-3-5-9-18/h3-13,16H,14-15,17H2,1-2H3. The van der Waals surface area contributed by atoms with E-state index in [-0.39, 0.29) is 0 Å². The molecular formula is C25H24Br2N2O. The van der Waals surface area contributed by atoms with Crippen molar-refractivity contribution in [3.05, 3.63) is 87.3 Å². The van der Waals surface area contributed by atoms with Crippen LogP contribution in [0, 0.1) is 0 Å². The van der Waals surface area contributed by atoms with Gasteiger partial charge in [0.25, 0.3) is 0 Å². The first-order valence-electron chi connectivity index (χ1n) is 9.92. The first-order valence-corrected chi connectivity index (χ1v) is 11.5. The monoisotopic (exact) mass is 526 g/mol. The average Bonchev–Trinajstić information content (AvgIpc) is 3.02. The minimum atomic E-state index is 0.632. The van der Waals surface area contributed by atoms with Crippen molar-refractivity contribution in [2.45, 2.75) is 6.54 Å². The Morgan fingerprint density at radius 3 is 2.37 bits per heavy atom. The molecule has 30 heavy (non-hydrogen) atoms. The lowest BCUT2D eigenvalue weighted by Crippen LogP contribution is -2.19. The lowest BCUT2D eigenvalue weighted by molar-refractivity contribution is 0.264. The number of likely N-dealkylation sites (N-methyl/N-ethyl adjacent to an activating group) is 1. The van der Waals surface area contributed by atoms with Gasteiger partial charge in [-0.25, -0.2) is 0 Å². The van der Waals surface area contributed by atoms with Gasteiger partial charge < -0.3 is 14.2 Å². The number of rotatable bonds is 7. The Hall–Kier alpha value is -2.08. The molecule has 3 nitrogen and oxygen atoms in total. The van der Waals surface area contributed by atoms with E-state index in [0.717, 1.165) is 49.9 Å². The predicted octanol–water partition coefficient (Wildman–Crippen LogP) is 6.82. The molecule has 0 saturated carbocycles. The highest BCUT2D eigenvalue weighted by molar-refractivity contribution is 9.10. The Kier molecular flexibility index (Phi) is 6.61. The van der Waals surface area contributed by atoms with E-state index >= 15 is 0 Å². The Morgan fingerprint density at radius 2 is 1.63 bits per heavy atom. The summed E-state index contributed by atoms with van der Waals surface area (Å²) in [6.45, 7) is 2.24. The molecule has 3 aromatic carbocycles. The van der Waals surface area contributed by atoms with Crippen LogP contribution in [-0.2, 0) is 6.54 Å². The summed E-state index contributed by atoms with van der Waals surface area (Å²) >= 11 is 7.36. The van der Waals surface area contributed by atoms with Gasteiger partial charge in [0, 0.05) is 33.0 Å². The van der Waals surface area contributed by atoms with Crippen LogP contribution in [-0.4, -0.2) is 36.7 Å². The first-order chi connectivity index (χ1) is 14.5. The number of hydrogen-bond acceptors (Lipinski definition) is 2. The molecule has 0 aliphatic heterocycles. The molecule has 1 aromatic heterocycles. The van der Waals surface area contributed by atoms with Gasteiger partial charge in [0.05, 0.1) is 11.2 Å². The first kappa shape index (κ1) is 21.2. The molecule has 0 aliphatic rings. The maximum Gasteiger partial charge on any atom is 0.152 e. The van der Waals surface area contributed by atoms with Gasteiger partial charge in [-0.3, -0.25) is 0 Å². The lowest BCUT2D eigenvalue weighted by atomic mass is 10.1.